The summed E-state index contributed by atoms with van der Waals surface area (Å²) in [6.07, 6.45) is 4.17. The minimum Gasteiger partial charge on any atom is -0.501 e. The molecule has 4 aromatic rings. The third kappa shape index (κ3) is 4.39. The number of aromatic hydroxyl groups is 1. The van der Waals surface area contributed by atoms with Crippen molar-refractivity contribution in [3.63, 3.8) is 0 Å². The molecule has 0 radical (unpaired) electrons. The quantitative estimate of drug-likeness (QED) is 0.416. The molecule has 3 heterocycles. The van der Waals surface area contributed by atoms with Crippen molar-refractivity contribution in [2.45, 2.75) is 18.8 Å². The van der Waals surface area contributed by atoms with E-state index in [0.29, 0.717) is 16.1 Å². The highest BCUT2D eigenvalue weighted by atomic mass is 35.5. The lowest BCUT2D eigenvalue weighted by molar-refractivity contribution is 0.101. The maximum absolute atomic E-state index is 12.9. The summed E-state index contributed by atoms with van der Waals surface area (Å²) < 4.78 is 7.38. The third-order valence-corrected chi connectivity index (χ3v) is 6.00. The van der Waals surface area contributed by atoms with E-state index in [1.54, 1.807) is 32.3 Å². The smallest absolute Gasteiger partial charge is 0.296 e. The average Bonchev–Trinajstić information content (AvgIpc) is 3.48. The summed E-state index contributed by atoms with van der Waals surface area (Å²) in [7, 11) is 3.14. The first-order valence-electron chi connectivity index (χ1n) is 10.4. The van der Waals surface area contributed by atoms with Gasteiger partial charge in [0.15, 0.2) is 11.4 Å². The lowest BCUT2D eigenvalue weighted by atomic mass is 9.81. The molecule has 3 aromatic heterocycles. The predicted molar refractivity (Wildman–Crippen MR) is 125 cm³/mol. The first-order chi connectivity index (χ1) is 16.7. The van der Waals surface area contributed by atoms with Crippen molar-refractivity contribution in [2.24, 2.45) is 14.1 Å². The molecule has 0 spiro atoms. The van der Waals surface area contributed by atoms with Crippen LogP contribution in [0, 0.1) is 11.3 Å². The molecule has 1 aromatic carbocycles. The maximum Gasteiger partial charge on any atom is 0.296 e. The largest absolute Gasteiger partial charge is 0.501 e. The summed E-state index contributed by atoms with van der Waals surface area (Å²) in [5.74, 6) is -2.55. The first-order valence-corrected chi connectivity index (χ1v) is 10.8. The molecule has 1 amide bonds. The van der Waals surface area contributed by atoms with Gasteiger partial charge < -0.3 is 14.9 Å². The SMILES string of the molecule is C[C@H](c1nc(C(=O)Nc2cnoc2)c(O)c(=O)n1C)[C@H](c1ccccc1Cl)c1cn(C)nc1C#N. The average molecular weight is 494 g/mol. The molecule has 4 rings (SSSR count). The van der Waals surface area contributed by atoms with Crippen LogP contribution in [-0.2, 0) is 14.1 Å². The van der Waals surface area contributed by atoms with Crippen LogP contribution in [0.3, 0.4) is 0 Å². The van der Waals surface area contributed by atoms with Gasteiger partial charge in [-0.25, -0.2) is 4.98 Å². The standard InChI is InChI=1S/C23H20ClN7O4/c1-12(18(14-6-4-5-7-16(14)24)15-10-30(2)29-17(15)8-25)21-28-19(20(32)23(34)31(21)3)22(33)27-13-9-26-35-11-13/h4-7,9-12,18,32H,1-3H3,(H,27,33)/t12-,18+/m0/s1. The number of hydrogen-bond donors (Lipinski definition) is 2. The number of carbonyl (C=O) groups is 1. The summed E-state index contributed by atoms with van der Waals surface area (Å²) >= 11 is 6.54. The van der Waals surface area contributed by atoms with Crippen LogP contribution in [0.15, 0.2) is 52.2 Å². The molecule has 0 saturated carbocycles. The van der Waals surface area contributed by atoms with Gasteiger partial charge >= 0.3 is 0 Å². The van der Waals surface area contributed by atoms with Gasteiger partial charge in [0.2, 0.25) is 5.75 Å². The normalized spacial score (nSPS) is 12.7. The van der Waals surface area contributed by atoms with E-state index in [0.717, 1.165) is 0 Å². The van der Waals surface area contributed by atoms with E-state index in [4.69, 9.17) is 16.1 Å². The molecule has 12 heteroatoms. The summed E-state index contributed by atoms with van der Waals surface area (Å²) in [5, 5.41) is 30.8. The van der Waals surface area contributed by atoms with Crippen LogP contribution in [0.4, 0.5) is 5.69 Å². The molecule has 0 fully saturated rings. The maximum atomic E-state index is 12.9. The fourth-order valence-corrected chi connectivity index (χ4v) is 4.29. The van der Waals surface area contributed by atoms with Crippen LogP contribution in [0.1, 0.15) is 51.9 Å². The Morgan fingerprint density at radius 1 is 1.29 bits per heavy atom. The van der Waals surface area contributed by atoms with E-state index < -0.39 is 34.7 Å². The monoisotopic (exact) mass is 493 g/mol. The Hall–Kier alpha value is -4.43. The van der Waals surface area contributed by atoms with Crippen molar-refractivity contribution in [3.05, 3.63) is 86.6 Å². The van der Waals surface area contributed by atoms with E-state index >= 15 is 0 Å². The van der Waals surface area contributed by atoms with E-state index in [1.807, 2.05) is 12.1 Å². The van der Waals surface area contributed by atoms with E-state index in [-0.39, 0.29) is 17.2 Å². The molecule has 0 saturated heterocycles. The number of nitrogens with one attached hydrogen (secondary N) is 1. The van der Waals surface area contributed by atoms with Crippen molar-refractivity contribution in [1.29, 1.82) is 5.26 Å². The summed E-state index contributed by atoms with van der Waals surface area (Å²) in [6, 6.07) is 9.23. The van der Waals surface area contributed by atoms with Crippen molar-refractivity contribution in [3.8, 4) is 11.8 Å². The second kappa shape index (κ2) is 9.44. The number of halogens is 1. The number of nitriles is 1. The molecular formula is C23H20ClN7O4. The lowest BCUT2D eigenvalue weighted by Gasteiger charge is -2.26. The Morgan fingerprint density at radius 2 is 2.03 bits per heavy atom. The van der Waals surface area contributed by atoms with Gasteiger partial charge in [0, 0.05) is 42.7 Å². The van der Waals surface area contributed by atoms with Crippen molar-refractivity contribution < 1.29 is 14.4 Å². The number of amides is 1. The Balaban J connectivity index is 1.88. The van der Waals surface area contributed by atoms with E-state index in [2.05, 4.69) is 26.6 Å². The van der Waals surface area contributed by atoms with Gasteiger partial charge in [0.25, 0.3) is 11.5 Å². The first kappa shape index (κ1) is 23.7. The molecule has 0 unspecified atom stereocenters. The number of aromatic nitrogens is 5. The Kier molecular flexibility index (Phi) is 6.40. The van der Waals surface area contributed by atoms with Crippen LogP contribution in [0.5, 0.6) is 5.75 Å². The summed E-state index contributed by atoms with van der Waals surface area (Å²) in [4.78, 5) is 30.1. The molecule has 0 aliphatic heterocycles. The van der Waals surface area contributed by atoms with Gasteiger partial charge in [-0.05, 0) is 11.6 Å². The van der Waals surface area contributed by atoms with E-state index in [9.17, 15) is 20.0 Å². The van der Waals surface area contributed by atoms with Gasteiger partial charge in [-0.2, -0.15) is 10.4 Å². The van der Waals surface area contributed by atoms with Crippen LogP contribution in [-0.4, -0.2) is 35.5 Å². The van der Waals surface area contributed by atoms with Gasteiger partial charge in [0.1, 0.15) is 23.8 Å². The van der Waals surface area contributed by atoms with Crippen LogP contribution < -0.4 is 10.9 Å². The lowest BCUT2D eigenvalue weighted by Crippen LogP contribution is -2.29. The number of rotatable bonds is 6. The second-order valence-electron chi connectivity index (χ2n) is 7.90. The summed E-state index contributed by atoms with van der Waals surface area (Å²) in [6.45, 7) is 1.79. The van der Waals surface area contributed by atoms with Crippen LogP contribution >= 0.6 is 11.6 Å². The molecule has 11 nitrogen and oxygen atoms in total. The topological polar surface area (TPSA) is 152 Å². The molecule has 0 aliphatic carbocycles. The molecule has 2 N–H and O–H groups in total. The molecular weight excluding hydrogens is 474 g/mol. The number of nitrogens with zero attached hydrogens (tertiary/aromatic N) is 6. The Labute approximate surface area is 204 Å². The Bertz CT molecular complexity index is 1500. The van der Waals surface area contributed by atoms with Gasteiger partial charge in [0.05, 0.1) is 6.20 Å². The van der Waals surface area contributed by atoms with Crippen molar-refractivity contribution in [1.82, 2.24) is 24.5 Å². The van der Waals surface area contributed by atoms with E-state index in [1.165, 1.54) is 28.8 Å². The molecule has 178 valence electrons. The van der Waals surface area contributed by atoms with Crippen molar-refractivity contribution >= 4 is 23.2 Å². The zero-order valence-corrected chi connectivity index (χ0v) is 19.7. The highest BCUT2D eigenvalue weighted by Gasteiger charge is 2.33. The van der Waals surface area contributed by atoms with Crippen molar-refractivity contribution in [2.75, 3.05) is 5.32 Å². The van der Waals surface area contributed by atoms with Crippen LogP contribution in [0.2, 0.25) is 5.02 Å². The predicted octanol–water partition coefficient (Wildman–Crippen LogP) is 2.92. The highest BCUT2D eigenvalue weighted by Crippen LogP contribution is 2.41. The molecule has 0 bridgehead atoms. The number of hydrogen-bond acceptors (Lipinski definition) is 8. The minimum absolute atomic E-state index is 0.193. The summed E-state index contributed by atoms with van der Waals surface area (Å²) in [5.41, 5.74) is 0.424. The fourth-order valence-electron chi connectivity index (χ4n) is 4.03. The van der Waals surface area contributed by atoms with Gasteiger partial charge in [-0.1, -0.05) is 41.9 Å². The molecule has 35 heavy (non-hydrogen) atoms. The highest BCUT2D eigenvalue weighted by molar-refractivity contribution is 6.31. The second-order valence-corrected chi connectivity index (χ2v) is 8.31. The third-order valence-electron chi connectivity index (χ3n) is 5.65. The molecule has 2 atom stereocenters. The fraction of sp³-hybridized carbons (Fsp3) is 0.217. The number of anilines is 1. The zero-order valence-electron chi connectivity index (χ0n) is 18.9. The number of carbonyl (C=O) groups excluding carboxylic acids is 1. The van der Waals surface area contributed by atoms with Gasteiger partial charge in [-0.3, -0.25) is 18.8 Å². The van der Waals surface area contributed by atoms with Gasteiger partial charge in [-0.15, -0.1) is 0 Å². The Morgan fingerprint density at radius 3 is 2.69 bits per heavy atom. The minimum atomic E-state index is -0.815. The van der Waals surface area contributed by atoms with Crippen LogP contribution in [0.25, 0.3) is 0 Å². The number of aryl methyl sites for hydroxylation is 1. The number of benzene rings is 1. The molecule has 0 aliphatic rings. The zero-order chi connectivity index (χ0) is 25.3.